The molecule has 2 aromatic rings. The molecule has 30 heavy (non-hydrogen) atoms. The summed E-state index contributed by atoms with van der Waals surface area (Å²) in [5, 5.41) is 3.10. The molecule has 0 aromatic heterocycles. The van der Waals surface area contributed by atoms with Crippen molar-refractivity contribution in [2.24, 2.45) is 4.99 Å². The lowest BCUT2D eigenvalue weighted by Crippen LogP contribution is -2.25. The first-order valence-electron chi connectivity index (χ1n) is 8.88. The summed E-state index contributed by atoms with van der Waals surface area (Å²) in [5.74, 6) is -0.0886. The van der Waals surface area contributed by atoms with Crippen molar-refractivity contribution in [2.45, 2.75) is 19.4 Å². The van der Waals surface area contributed by atoms with Gasteiger partial charge in [0, 0.05) is 17.1 Å². The molecule has 0 aliphatic rings. The SMILES string of the molecule is COc1c(F)c(COC(=O)NCCCCN=C=O)cc(I)c1Oc1ccc(Cl)cc1. The number of aliphatic imine (C=N–C) groups is 1. The quantitative estimate of drug-likeness (QED) is 0.190. The molecule has 0 atom stereocenters. The van der Waals surface area contributed by atoms with E-state index in [1.807, 2.05) is 22.6 Å². The number of hydrogen-bond donors (Lipinski definition) is 1. The fourth-order valence-corrected chi connectivity index (χ4v) is 3.24. The number of rotatable bonds is 10. The van der Waals surface area contributed by atoms with E-state index in [1.54, 1.807) is 24.3 Å². The number of halogens is 3. The molecule has 2 aromatic carbocycles. The smallest absolute Gasteiger partial charge is 0.407 e. The Hall–Kier alpha value is -2.36. The summed E-state index contributed by atoms with van der Waals surface area (Å²) in [4.78, 5) is 25.2. The van der Waals surface area contributed by atoms with Crippen LogP contribution in [0.3, 0.4) is 0 Å². The predicted octanol–water partition coefficient (Wildman–Crippen LogP) is 5.23. The van der Waals surface area contributed by atoms with Crippen LogP contribution >= 0.6 is 34.2 Å². The Bertz CT molecular complexity index is 920. The van der Waals surface area contributed by atoms with Gasteiger partial charge in [0.25, 0.3) is 0 Å². The molecular weight excluding hydrogens is 530 g/mol. The maximum absolute atomic E-state index is 14.9. The maximum atomic E-state index is 14.9. The summed E-state index contributed by atoms with van der Waals surface area (Å²) in [5.41, 5.74) is 0.148. The third-order valence-corrected chi connectivity index (χ3v) is 4.89. The number of amides is 1. The van der Waals surface area contributed by atoms with Crippen LogP contribution in [0.2, 0.25) is 5.02 Å². The number of carbonyl (C=O) groups excluding carboxylic acids is 2. The Balaban J connectivity index is 2.00. The molecule has 7 nitrogen and oxygen atoms in total. The zero-order chi connectivity index (χ0) is 21.9. The second-order valence-electron chi connectivity index (χ2n) is 5.93. The number of methoxy groups -OCH3 is 1. The van der Waals surface area contributed by atoms with Crippen molar-refractivity contribution < 1.29 is 28.2 Å². The Morgan fingerprint density at radius 3 is 2.67 bits per heavy atom. The van der Waals surface area contributed by atoms with Gasteiger partial charge in [0.1, 0.15) is 12.4 Å². The van der Waals surface area contributed by atoms with Gasteiger partial charge in [0.2, 0.25) is 6.08 Å². The molecule has 1 N–H and O–H groups in total. The first-order valence-corrected chi connectivity index (χ1v) is 10.3. The lowest BCUT2D eigenvalue weighted by atomic mass is 10.2. The number of alkyl carbamates (subject to hydrolysis) is 1. The van der Waals surface area contributed by atoms with Crippen molar-refractivity contribution in [3.63, 3.8) is 0 Å². The molecule has 2 rings (SSSR count). The number of benzene rings is 2. The molecule has 0 aliphatic carbocycles. The van der Waals surface area contributed by atoms with Crippen LogP contribution in [0.25, 0.3) is 0 Å². The Morgan fingerprint density at radius 1 is 1.27 bits per heavy atom. The van der Waals surface area contributed by atoms with E-state index >= 15 is 0 Å². The largest absolute Gasteiger partial charge is 0.490 e. The molecule has 1 amide bonds. The topological polar surface area (TPSA) is 86.2 Å². The van der Waals surface area contributed by atoms with Gasteiger partial charge in [-0.2, -0.15) is 0 Å². The van der Waals surface area contributed by atoms with E-state index in [0.29, 0.717) is 40.3 Å². The molecule has 0 radical (unpaired) electrons. The van der Waals surface area contributed by atoms with Crippen LogP contribution in [-0.2, 0) is 16.1 Å². The molecule has 10 heteroatoms. The second kappa shape index (κ2) is 12.4. The lowest BCUT2D eigenvalue weighted by molar-refractivity contribution is 0.138. The molecule has 0 bridgehead atoms. The van der Waals surface area contributed by atoms with Gasteiger partial charge in [0.15, 0.2) is 17.3 Å². The third-order valence-electron chi connectivity index (χ3n) is 3.83. The van der Waals surface area contributed by atoms with Gasteiger partial charge in [-0.3, -0.25) is 0 Å². The molecule has 0 unspecified atom stereocenters. The fraction of sp³-hybridized carbons (Fsp3) is 0.300. The van der Waals surface area contributed by atoms with Crippen molar-refractivity contribution >= 4 is 46.4 Å². The van der Waals surface area contributed by atoms with Crippen LogP contribution in [0.1, 0.15) is 18.4 Å². The number of carbonyl (C=O) groups is 1. The molecule has 0 fully saturated rings. The van der Waals surface area contributed by atoms with Crippen LogP contribution in [0, 0.1) is 9.39 Å². The number of nitrogens with one attached hydrogen (secondary N) is 1. The molecule has 0 heterocycles. The van der Waals surface area contributed by atoms with E-state index in [0.717, 1.165) is 0 Å². The van der Waals surface area contributed by atoms with E-state index in [1.165, 1.54) is 19.3 Å². The van der Waals surface area contributed by atoms with E-state index in [4.69, 9.17) is 25.8 Å². The second-order valence-corrected chi connectivity index (χ2v) is 7.53. The molecule has 160 valence electrons. The number of isocyanates is 1. The molecule has 0 saturated heterocycles. The van der Waals surface area contributed by atoms with E-state index in [2.05, 4.69) is 10.3 Å². The monoisotopic (exact) mass is 548 g/mol. The highest BCUT2D eigenvalue weighted by Crippen LogP contribution is 2.40. The first-order chi connectivity index (χ1) is 14.5. The zero-order valence-electron chi connectivity index (χ0n) is 16.0. The third kappa shape index (κ3) is 7.16. The highest BCUT2D eigenvalue weighted by Gasteiger charge is 2.21. The number of ether oxygens (including phenoxy) is 3. The van der Waals surface area contributed by atoms with Crippen LogP contribution in [0.15, 0.2) is 35.3 Å². The average molecular weight is 549 g/mol. The summed E-state index contributed by atoms with van der Waals surface area (Å²) in [7, 11) is 1.33. The summed E-state index contributed by atoms with van der Waals surface area (Å²) in [6.45, 7) is 0.430. The first kappa shape index (κ1) is 23.9. The van der Waals surface area contributed by atoms with Gasteiger partial charge in [-0.15, -0.1) is 0 Å². The number of unbranched alkanes of at least 4 members (excludes halogenated alkanes) is 1. The highest BCUT2D eigenvalue weighted by molar-refractivity contribution is 14.1. The van der Waals surface area contributed by atoms with Crippen molar-refractivity contribution in [3.8, 4) is 17.2 Å². The normalized spacial score (nSPS) is 10.1. The van der Waals surface area contributed by atoms with Crippen LogP contribution < -0.4 is 14.8 Å². The van der Waals surface area contributed by atoms with Gasteiger partial charge in [-0.1, -0.05) is 11.6 Å². The molecule has 0 aliphatic heterocycles. The Kier molecular flexibility index (Phi) is 9.85. The minimum Gasteiger partial charge on any atom is -0.490 e. The summed E-state index contributed by atoms with van der Waals surface area (Å²) >= 11 is 7.86. The lowest BCUT2D eigenvalue weighted by Gasteiger charge is -2.16. The van der Waals surface area contributed by atoms with Crippen molar-refractivity contribution in [2.75, 3.05) is 20.2 Å². The summed E-state index contributed by atoms with van der Waals surface area (Å²) < 4.78 is 31.5. The Labute approximate surface area is 191 Å². The minimum atomic E-state index is -0.679. The fourth-order valence-electron chi connectivity index (χ4n) is 2.39. The number of nitrogens with zero attached hydrogens (tertiary/aromatic N) is 1. The maximum Gasteiger partial charge on any atom is 0.407 e. The van der Waals surface area contributed by atoms with Crippen LogP contribution in [0.4, 0.5) is 9.18 Å². The van der Waals surface area contributed by atoms with Crippen LogP contribution in [-0.4, -0.2) is 32.4 Å². The van der Waals surface area contributed by atoms with E-state index < -0.39 is 11.9 Å². The summed E-state index contributed by atoms with van der Waals surface area (Å²) in [6, 6.07) is 8.14. The average Bonchev–Trinajstić information content (AvgIpc) is 2.73. The van der Waals surface area contributed by atoms with Crippen LogP contribution in [0.5, 0.6) is 17.2 Å². The van der Waals surface area contributed by atoms with Crippen molar-refractivity contribution in [1.29, 1.82) is 0 Å². The highest BCUT2D eigenvalue weighted by atomic mass is 127. The minimum absolute atomic E-state index is 0.0911. The predicted molar refractivity (Wildman–Crippen MR) is 118 cm³/mol. The molecule has 0 spiro atoms. The molecular formula is C20H19ClFIN2O5. The molecule has 0 saturated carbocycles. The standard InChI is InChI=1S/C20H19ClFIN2O5/c1-28-19-17(22)13(11-29-20(27)25-9-3-2-8-24-12-26)10-16(23)18(19)30-15-6-4-14(21)5-7-15/h4-7,10H,2-3,8-9,11H2,1H3,(H,25,27). The van der Waals surface area contributed by atoms with Crippen molar-refractivity contribution in [1.82, 2.24) is 5.32 Å². The zero-order valence-corrected chi connectivity index (χ0v) is 19.0. The summed E-state index contributed by atoms with van der Waals surface area (Å²) in [6.07, 6.45) is 2.03. The van der Waals surface area contributed by atoms with Gasteiger partial charge in [0.05, 0.1) is 17.2 Å². The Morgan fingerprint density at radius 2 is 2.00 bits per heavy atom. The van der Waals surface area contributed by atoms with Gasteiger partial charge < -0.3 is 19.5 Å². The van der Waals surface area contributed by atoms with E-state index in [9.17, 15) is 14.0 Å². The van der Waals surface area contributed by atoms with Crippen molar-refractivity contribution in [3.05, 3.63) is 50.3 Å². The van der Waals surface area contributed by atoms with Gasteiger partial charge >= 0.3 is 6.09 Å². The van der Waals surface area contributed by atoms with E-state index in [-0.39, 0.29) is 23.7 Å². The van der Waals surface area contributed by atoms with Gasteiger partial charge in [-0.25, -0.2) is 19.0 Å². The van der Waals surface area contributed by atoms with Gasteiger partial charge in [-0.05, 0) is 65.8 Å². The number of hydrogen-bond acceptors (Lipinski definition) is 6.